The number of aryl methyl sites for hydroxylation is 2. The summed E-state index contributed by atoms with van der Waals surface area (Å²) >= 11 is 5.24. The molecule has 0 spiro atoms. The molecule has 2 aliphatic rings. The van der Waals surface area contributed by atoms with Gasteiger partial charge in [0.15, 0.2) is 10.8 Å². The summed E-state index contributed by atoms with van der Waals surface area (Å²) in [7, 11) is 1.38. The zero-order chi connectivity index (χ0) is 15.4. The molecule has 0 saturated carbocycles. The van der Waals surface area contributed by atoms with E-state index in [-0.39, 0.29) is 12.0 Å². The van der Waals surface area contributed by atoms with Gasteiger partial charge in [-0.2, -0.15) is 0 Å². The van der Waals surface area contributed by atoms with Crippen LogP contribution >= 0.6 is 12.2 Å². The van der Waals surface area contributed by atoms with Crippen LogP contribution in [0.2, 0.25) is 0 Å². The highest BCUT2D eigenvalue weighted by atomic mass is 32.1. The van der Waals surface area contributed by atoms with Crippen LogP contribution < -0.4 is 15.4 Å². The summed E-state index contributed by atoms with van der Waals surface area (Å²) in [6.07, 6.45) is 0. The number of hydrogen-bond acceptors (Lipinski definition) is 4. The number of benzene rings is 1. The third-order valence-electron chi connectivity index (χ3n) is 4.31. The minimum atomic E-state index is -0.908. The van der Waals surface area contributed by atoms with Gasteiger partial charge in [-0.25, -0.2) is 0 Å². The molecule has 3 atom stereocenters. The number of fused-ring (bicyclic) bond motifs is 4. The Kier molecular flexibility index (Phi) is 3.09. The third kappa shape index (κ3) is 2.05. The minimum Gasteiger partial charge on any atom is -0.469 e. The molecule has 2 aliphatic heterocycles. The number of carbonyl (C=O) groups excluding carboxylic acids is 1. The predicted molar refractivity (Wildman–Crippen MR) is 82.1 cm³/mol. The van der Waals surface area contributed by atoms with Gasteiger partial charge in [-0.15, -0.1) is 0 Å². The molecule has 2 N–H and O–H groups in total. The summed E-state index contributed by atoms with van der Waals surface area (Å²) in [6, 6.07) is 3.80. The van der Waals surface area contributed by atoms with E-state index < -0.39 is 11.6 Å². The van der Waals surface area contributed by atoms with E-state index in [0.717, 1.165) is 22.4 Å². The number of hydrogen-bond donors (Lipinski definition) is 2. The molecular weight excluding hydrogens is 288 g/mol. The first kappa shape index (κ1) is 14.1. The van der Waals surface area contributed by atoms with Crippen LogP contribution in [0, 0.1) is 19.8 Å². The molecule has 0 amide bonds. The molecule has 0 radical (unpaired) electrons. The highest BCUT2D eigenvalue weighted by molar-refractivity contribution is 7.80. The van der Waals surface area contributed by atoms with Crippen molar-refractivity contribution in [3.63, 3.8) is 0 Å². The number of methoxy groups -OCH3 is 1. The molecule has 6 heteroatoms. The van der Waals surface area contributed by atoms with Gasteiger partial charge in [0.2, 0.25) is 0 Å². The summed E-state index contributed by atoms with van der Waals surface area (Å²) in [5, 5.41) is 6.72. The number of thiocarbonyl (C=S) groups is 1. The van der Waals surface area contributed by atoms with Crippen molar-refractivity contribution in [2.24, 2.45) is 5.92 Å². The Morgan fingerprint density at radius 1 is 1.38 bits per heavy atom. The summed E-state index contributed by atoms with van der Waals surface area (Å²) in [5.74, 6) is -0.0639. The number of ether oxygens (including phenoxy) is 2. The largest absolute Gasteiger partial charge is 0.469 e. The fourth-order valence-electron chi connectivity index (χ4n) is 3.09. The molecule has 0 aliphatic carbocycles. The lowest BCUT2D eigenvalue weighted by Gasteiger charge is -2.50. The molecule has 1 aromatic rings. The van der Waals surface area contributed by atoms with Crippen molar-refractivity contribution in [1.82, 2.24) is 10.6 Å². The van der Waals surface area contributed by atoms with Gasteiger partial charge in [0, 0.05) is 5.56 Å². The summed E-state index contributed by atoms with van der Waals surface area (Å²) < 4.78 is 11.0. The van der Waals surface area contributed by atoms with E-state index in [1.54, 1.807) is 0 Å². The Hall–Kier alpha value is -1.82. The van der Waals surface area contributed by atoms with Crippen LogP contribution in [0.5, 0.6) is 5.75 Å². The highest BCUT2D eigenvalue weighted by Crippen LogP contribution is 2.45. The first-order chi connectivity index (χ1) is 9.85. The number of nitrogens with one attached hydrogen (secondary N) is 2. The standard InChI is InChI=1S/C15H18N2O3S/c1-7-5-9-10(6-8(7)2)20-15(3)11(13(18)19-4)12(9)16-14(21)17-15/h5-6,11-12H,1-4H3,(H2,16,17,21). The molecule has 1 saturated heterocycles. The molecule has 3 rings (SSSR count). The molecule has 21 heavy (non-hydrogen) atoms. The number of rotatable bonds is 1. The molecule has 112 valence electrons. The molecule has 5 nitrogen and oxygen atoms in total. The van der Waals surface area contributed by atoms with Crippen molar-refractivity contribution < 1.29 is 14.3 Å². The van der Waals surface area contributed by atoms with Gasteiger partial charge in [0.1, 0.15) is 11.7 Å². The minimum absolute atomic E-state index is 0.251. The third-order valence-corrected chi connectivity index (χ3v) is 4.53. The van der Waals surface area contributed by atoms with Crippen molar-refractivity contribution >= 4 is 23.3 Å². The molecule has 2 bridgehead atoms. The lowest BCUT2D eigenvalue weighted by atomic mass is 9.80. The zero-order valence-corrected chi connectivity index (χ0v) is 13.3. The van der Waals surface area contributed by atoms with Crippen molar-refractivity contribution in [2.45, 2.75) is 32.5 Å². The SMILES string of the molecule is COC(=O)C1C2NC(=S)NC1(C)Oc1cc(C)c(C)cc12. The summed E-state index contributed by atoms with van der Waals surface area (Å²) in [4.78, 5) is 12.2. The fraction of sp³-hybridized carbons (Fsp3) is 0.467. The Balaban J connectivity index is 2.18. The van der Waals surface area contributed by atoms with Crippen LogP contribution in [0.25, 0.3) is 0 Å². The quantitative estimate of drug-likeness (QED) is 0.608. The lowest BCUT2D eigenvalue weighted by Crippen LogP contribution is -2.70. The van der Waals surface area contributed by atoms with Gasteiger partial charge in [-0.3, -0.25) is 4.79 Å². The van der Waals surface area contributed by atoms with E-state index in [9.17, 15) is 4.79 Å². The Bertz CT molecular complexity index is 646. The average molecular weight is 306 g/mol. The molecule has 1 aromatic carbocycles. The van der Waals surface area contributed by atoms with Gasteiger partial charge in [0.25, 0.3) is 0 Å². The van der Waals surface area contributed by atoms with E-state index in [1.165, 1.54) is 7.11 Å². The van der Waals surface area contributed by atoms with Crippen LogP contribution in [-0.4, -0.2) is 23.9 Å². The molecular formula is C15H18N2O3S. The first-order valence-corrected chi connectivity index (χ1v) is 7.23. The van der Waals surface area contributed by atoms with Crippen LogP contribution in [0.1, 0.15) is 29.7 Å². The van der Waals surface area contributed by atoms with Gasteiger partial charge in [0.05, 0.1) is 13.2 Å². The van der Waals surface area contributed by atoms with Crippen molar-refractivity contribution in [1.29, 1.82) is 0 Å². The van der Waals surface area contributed by atoms with Gasteiger partial charge >= 0.3 is 5.97 Å². The van der Waals surface area contributed by atoms with E-state index in [2.05, 4.69) is 10.6 Å². The van der Waals surface area contributed by atoms with Gasteiger partial charge < -0.3 is 20.1 Å². The van der Waals surface area contributed by atoms with Crippen LogP contribution in [0.4, 0.5) is 0 Å². The van der Waals surface area contributed by atoms with Crippen molar-refractivity contribution in [3.8, 4) is 5.75 Å². The Labute approximate surface area is 129 Å². The fourth-order valence-corrected chi connectivity index (χ4v) is 3.42. The second kappa shape index (κ2) is 4.59. The second-order valence-corrected chi connectivity index (χ2v) is 6.17. The normalized spacial score (nSPS) is 29.6. The van der Waals surface area contributed by atoms with Gasteiger partial charge in [-0.1, -0.05) is 6.07 Å². The van der Waals surface area contributed by atoms with E-state index in [4.69, 9.17) is 21.7 Å². The maximum Gasteiger partial charge on any atom is 0.317 e. The Morgan fingerprint density at radius 2 is 2.05 bits per heavy atom. The van der Waals surface area contributed by atoms with E-state index in [0.29, 0.717) is 5.11 Å². The van der Waals surface area contributed by atoms with Crippen molar-refractivity contribution in [2.75, 3.05) is 7.11 Å². The molecule has 2 heterocycles. The topological polar surface area (TPSA) is 59.6 Å². The van der Waals surface area contributed by atoms with Crippen molar-refractivity contribution in [3.05, 3.63) is 28.8 Å². The maximum atomic E-state index is 12.2. The average Bonchev–Trinajstić information content (AvgIpc) is 2.39. The smallest absolute Gasteiger partial charge is 0.317 e. The predicted octanol–water partition coefficient (Wildman–Crippen LogP) is 1.72. The van der Waals surface area contributed by atoms with Crippen LogP contribution in [0.15, 0.2) is 12.1 Å². The monoisotopic (exact) mass is 306 g/mol. The second-order valence-electron chi connectivity index (χ2n) is 5.76. The highest BCUT2D eigenvalue weighted by Gasteiger charge is 2.55. The molecule has 3 unspecified atom stereocenters. The lowest BCUT2D eigenvalue weighted by molar-refractivity contribution is -0.159. The van der Waals surface area contributed by atoms with Crippen LogP contribution in [-0.2, 0) is 9.53 Å². The van der Waals surface area contributed by atoms with E-state index >= 15 is 0 Å². The molecule has 1 fully saturated rings. The number of esters is 1. The Morgan fingerprint density at radius 3 is 2.71 bits per heavy atom. The van der Waals surface area contributed by atoms with E-state index in [1.807, 2.05) is 32.9 Å². The molecule has 0 aromatic heterocycles. The van der Waals surface area contributed by atoms with Crippen LogP contribution in [0.3, 0.4) is 0 Å². The van der Waals surface area contributed by atoms with Gasteiger partial charge in [-0.05, 0) is 50.2 Å². The summed E-state index contributed by atoms with van der Waals surface area (Å²) in [6.45, 7) is 5.90. The maximum absolute atomic E-state index is 12.2. The number of carbonyl (C=O) groups is 1. The zero-order valence-electron chi connectivity index (χ0n) is 12.4. The summed E-state index contributed by atoms with van der Waals surface area (Å²) in [5.41, 5.74) is 2.33. The first-order valence-electron chi connectivity index (χ1n) is 6.82.